The number of fused-ring (bicyclic) bond motifs is 1. The second kappa shape index (κ2) is 3.88. The first-order valence-electron chi connectivity index (χ1n) is 6.06. The van der Waals surface area contributed by atoms with Gasteiger partial charge in [-0.1, -0.05) is 13.8 Å². The molecular weight excluding hydrogens is 214 g/mol. The van der Waals surface area contributed by atoms with Crippen LogP contribution < -0.4 is 11.5 Å². The van der Waals surface area contributed by atoms with Gasteiger partial charge in [0.15, 0.2) is 0 Å². The summed E-state index contributed by atoms with van der Waals surface area (Å²) >= 11 is 0. The summed E-state index contributed by atoms with van der Waals surface area (Å²) in [4.78, 5) is 11.3. The zero-order valence-electron chi connectivity index (χ0n) is 10.7. The Hall–Kier alpha value is -1.29. The standard InChI is InChI=1S/C13H21N3O/c1-8(12(15)17)16-5-4-9-10(14)6-13(2,3)7-11(9)16/h4-5,8,10H,6-7,14H2,1-3H3,(H2,15,17). The predicted molar refractivity (Wildman–Crippen MR) is 67.4 cm³/mol. The molecule has 0 bridgehead atoms. The highest BCUT2D eigenvalue weighted by atomic mass is 16.1. The Kier molecular flexibility index (Phi) is 2.78. The molecule has 0 saturated heterocycles. The van der Waals surface area contributed by atoms with Crippen LogP contribution in [0.4, 0.5) is 0 Å². The lowest BCUT2D eigenvalue weighted by atomic mass is 9.74. The molecule has 1 aliphatic carbocycles. The van der Waals surface area contributed by atoms with Gasteiger partial charge in [0.1, 0.15) is 6.04 Å². The maximum absolute atomic E-state index is 11.3. The Morgan fingerprint density at radius 2 is 2.24 bits per heavy atom. The molecule has 1 heterocycles. The van der Waals surface area contributed by atoms with Gasteiger partial charge in [-0.15, -0.1) is 0 Å². The molecule has 0 saturated carbocycles. The minimum Gasteiger partial charge on any atom is -0.368 e. The Morgan fingerprint density at radius 3 is 2.82 bits per heavy atom. The Balaban J connectivity index is 2.44. The van der Waals surface area contributed by atoms with Crippen LogP contribution in [0, 0.1) is 5.41 Å². The van der Waals surface area contributed by atoms with Crippen LogP contribution in [-0.2, 0) is 11.2 Å². The van der Waals surface area contributed by atoms with Crippen molar-refractivity contribution in [3.63, 3.8) is 0 Å². The SMILES string of the molecule is CC(C(N)=O)n1ccc2c1CC(C)(C)CC2N. The highest BCUT2D eigenvalue weighted by Crippen LogP contribution is 2.40. The zero-order valence-corrected chi connectivity index (χ0v) is 10.7. The molecule has 94 valence electrons. The molecule has 4 N–H and O–H groups in total. The van der Waals surface area contributed by atoms with E-state index in [1.54, 1.807) is 0 Å². The number of aromatic nitrogens is 1. The molecule has 2 unspecified atom stereocenters. The van der Waals surface area contributed by atoms with Crippen molar-refractivity contribution in [2.75, 3.05) is 0 Å². The first kappa shape index (κ1) is 12.2. The quantitative estimate of drug-likeness (QED) is 0.815. The predicted octanol–water partition coefficient (Wildman–Crippen LogP) is 1.51. The molecule has 2 atom stereocenters. The minimum absolute atomic E-state index is 0.0649. The number of amides is 1. The molecule has 0 aromatic carbocycles. The number of nitrogens with zero attached hydrogens (tertiary/aromatic N) is 1. The Labute approximate surface area is 102 Å². The van der Waals surface area contributed by atoms with Gasteiger partial charge < -0.3 is 16.0 Å². The van der Waals surface area contributed by atoms with E-state index < -0.39 is 0 Å². The molecule has 0 spiro atoms. The van der Waals surface area contributed by atoms with Gasteiger partial charge in [-0.2, -0.15) is 0 Å². The summed E-state index contributed by atoms with van der Waals surface area (Å²) in [5, 5.41) is 0. The average Bonchev–Trinajstić information content (AvgIpc) is 2.58. The van der Waals surface area contributed by atoms with Crippen LogP contribution >= 0.6 is 0 Å². The van der Waals surface area contributed by atoms with E-state index in [9.17, 15) is 4.79 Å². The van der Waals surface area contributed by atoms with E-state index in [4.69, 9.17) is 11.5 Å². The molecular formula is C13H21N3O. The number of carbonyl (C=O) groups is 1. The molecule has 0 radical (unpaired) electrons. The lowest BCUT2D eigenvalue weighted by Crippen LogP contribution is -2.32. The third kappa shape index (κ3) is 2.09. The molecule has 0 fully saturated rings. The summed E-state index contributed by atoms with van der Waals surface area (Å²) in [5.74, 6) is -0.305. The Morgan fingerprint density at radius 1 is 1.59 bits per heavy atom. The van der Waals surface area contributed by atoms with Crippen molar-refractivity contribution >= 4 is 5.91 Å². The monoisotopic (exact) mass is 235 g/mol. The molecule has 2 rings (SSSR count). The fourth-order valence-electron chi connectivity index (χ4n) is 2.76. The smallest absolute Gasteiger partial charge is 0.240 e. The fourth-order valence-corrected chi connectivity index (χ4v) is 2.76. The van der Waals surface area contributed by atoms with Crippen molar-refractivity contribution in [2.24, 2.45) is 16.9 Å². The summed E-state index contributed by atoms with van der Waals surface area (Å²) in [6.45, 7) is 6.25. The second-order valence-corrected chi connectivity index (χ2v) is 5.85. The van der Waals surface area contributed by atoms with Crippen molar-refractivity contribution in [2.45, 2.75) is 45.7 Å². The first-order valence-corrected chi connectivity index (χ1v) is 6.06. The van der Waals surface area contributed by atoms with Crippen LogP contribution in [0.25, 0.3) is 0 Å². The van der Waals surface area contributed by atoms with Crippen molar-refractivity contribution in [1.82, 2.24) is 4.57 Å². The minimum atomic E-state index is -0.306. The number of rotatable bonds is 2. The van der Waals surface area contributed by atoms with E-state index in [1.165, 1.54) is 5.69 Å². The van der Waals surface area contributed by atoms with Crippen LogP contribution in [0.3, 0.4) is 0 Å². The maximum Gasteiger partial charge on any atom is 0.240 e. The first-order chi connectivity index (χ1) is 7.82. The van der Waals surface area contributed by atoms with Gasteiger partial charge in [0.25, 0.3) is 0 Å². The number of nitrogens with two attached hydrogens (primary N) is 2. The molecule has 1 aromatic rings. The summed E-state index contributed by atoms with van der Waals surface area (Å²) in [6.07, 6.45) is 3.86. The van der Waals surface area contributed by atoms with Gasteiger partial charge in [-0.25, -0.2) is 0 Å². The summed E-state index contributed by atoms with van der Waals surface area (Å²) < 4.78 is 1.97. The molecule has 0 aliphatic heterocycles. The van der Waals surface area contributed by atoms with Crippen molar-refractivity contribution < 1.29 is 4.79 Å². The van der Waals surface area contributed by atoms with E-state index in [1.807, 2.05) is 23.8 Å². The van der Waals surface area contributed by atoms with Crippen molar-refractivity contribution in [1.29, 1.82) is 0 Å². The normalized spacial score (nSPS) is 24.1. The van der Waals surface area contributed by atoms with Crippen molar-refractivity contribution in [3.8, 4) is 0 Å². The number of primary amides is 1. The summed E-state index contributed by atoms with van der Waals surface area (Å²) in [7, 11) is 0. The lowest BCUT2D eigenvalue weighted by molar-refractivity contribution is -0.120. The summed E-state index contributed by atoms with van der Waals surface area (Å²) in [6, 6.07) is 1.78. The van der Waals surface area contributed by atoms with E-state index in [0.717, 1.165) is 18.4 Å². The van der Waals surface area contributed by atoms with Gasteiger partial charge in [0.2, 0.25) is 5.91 Å². The molecule has 1 aliphatic rings. The van der Waals surface area contributed by atoms with Crippen LogP contribution in [0.1, 0.15) is 50.5 Å². The van der Waals surface area contributed by atoms with Crippen LogP contribution in [-0.4, -0.2) is 10.5 Å². The van der Waals surface area contributed by atoms with Gasteiger partial charge in [-0.3, -0.25) is 4.79 Å². The van der Waals surface area contributed by atoms with E-state index in [2.05, 4.69) is 13.8 Å². The van der Waals surface area contributed by atoms with E-state index >= 15 is 0 Å². The third-order valence-electron chi connectivity index (χ3n) is 3.71. The maximum atomic E-state index is 11.3. The average molecular weight is 235 g/mol. The molecule has 4 heteroatoms. The van der Waals surface area contributed by atoms with Gasteiger partial charge in [-0.05, 0) is 36.8 Å². The largest absolute Gasteiger partial charge is 0.368 e. The molecule has 1 aromatic heterocycles. The van der Waals surface area contributed by atoms with Gasteiger partial charge >= 0.3 is 0 Å². The summed E-state index contributed by atoms with van der Waals surface area (Å²) in [5.41, 5.74) is 14.1. The fraction of sp³-hybridized carbons (Fsp3) is 0.615. The zero-order chi connectivity index (χ0) is 12.8. The van der Waals surface area contributed by atoms with Crippen LogP contribution in [0.5, 0.6) is 0 Å². The third-order valence-corrected chi connectivity index (χ3v) is 3.71. The van der Waals surface area contributed by atoms with Crippen LogP contribution in [0.2, 0.25) is 0 Å². The van der Waals surface area contributed by atoms with Gasteiger partial charge in [0.05, 0.1) is 0 Å². The lowest BCUT2D eigenvalue weighted by Gasteiger charge is -2.35. The molecule has 17 heavy (non-hydrogen) atoms. The topological polar surface area (TPSA) is 74.0 Å². The molecule has 4 nitrogen and oxygen atoms in total. The van der Waals surface area contributed by atoms with Crippen LogP contribution in [0.15, 0.2) is 12.3 Å². The number of hydrogen-bond donors (Lipinski definition) is 2. The van der Waals surface area contributed by atoms with Crippen molar-refractivity contribution in [3.05, 3.63) is 23.5 Å². The van der Waals surface area contributed by atoms with E-state index in [0.29, 0.717) is 0 Å². The number of carbonyl (C=O) groups excluding carboxylic acids is 1. The molecule has 1 amide bonds. The number of hydrogen-bond acceptors (Lipinski definition) is 2. The second-order valence-electron chi connectivity index (χ2n) is 5.85. The van der Waals surface area contributed by atoms with Gasteiger partial charge in [0, 0.05) is 17.9 Å². The Bertz CT molecular complexity index is 448. The highest BCUT2D eigenvalue weighted by Gasteiger charge is 2.33. The highest BCUT2D eigenvalue weighted by molar-refractivity contribution is 5.78. The van der Waals surface area contributed by atoms with E-state index in [-0.39, 0.29) is 23.4 Å².